The van der Waals surface area contributed by atoms with Gasteiger partial charge in [-0.15, -0.1) is 0 Å². The second-order valence-corrected chi connectivity index (χ2v) is 9.14. The van der Waals surface area contributed by atoms with Crippen LogP contribution in [0.4, 0.5) is 17.1 Å². The summed E-state index contributed by atoms with van der Waals surface area (Å²) in [4.78, 5) is 17.4. The second-order valence-electron chi connectivity index (χ2n) is 9.14. The summed E-state index contributed by atoms with van der Waals surface area (Å²) >= 11 is 0. The van der Waals surface area contributed by atoms with Crippen molar-refractivity contribution >= 4 is 23.0 Å². The molecule has 0 radical (unpaired) electrons. The summed E-state index contributed by atoms with van der Waals surface area (Å²) in [5.74, 6) is -0.0790. The highest BCUT2D eigenvalue weighted by Crippen LogP contribution is 2.24. The minimum atomic E-state index is -0.0790. The van der Waals surface area contributed by atoms with Crippen molar-refractivity contribution in [3.8, 4) is 0 Å². The van der Waals surface area contributed by atoms with Gasteiger partial charge in [-0.2, -0.15) is 0 Å². The third-order valence-electron chi connectivity index (χ3n) is 5.90. The molecule has 1 amide bonds. The molecule has 1 saturated heterocycles. The largest absolute Gasteiger partial charge is 0.368 e. The summed E-state index contributed by atoms with van der Waals surface area (Å²) in [7, 11) is 0. The predicted molar refractivity (Wildman–Crippen MR) is 130 cm³/mol. The van der Waals surface area contributed by atoms with Crippen molar-refractivity contribution in [2.45, 2.75) is 26.2 Å². The maximum absolute atomic E-state index is 12.6. The van der Waals surface area contributed by atoms with E-state index in [1.807, 2.05) is 36.4 Å². The van der Waals surface area contributed by atoms with Gasteiger partial charge < -0.3 is 15.1 Å². The van der Waals surface area contributed by atoms with Crippen LogP contribution in [0.5, 0.6) is 0 Å². The van der Waals surface area contributed by atoms with Crippen LogP contribution in [0.15, 0.2) is 78.9 Å². The summed E-state index contributed by atoms with van der Waals surface area (Å²) in [5, 5.41) is 3.01. The molecular weight excluding hydrogens is 382 g/mol. The Hall–Kier alpha value is -3.27. The quantitative estimate of drug-likeness (QED) is 0.608. The smallest absolute Gasteiger partial charge is 0.255 e. The predicted octanol–water partition coefficient (Wildman–Crippen LogP) is 5.56. The normalized spacial score (nSPS) is 14.4. The monoisotopic (exact) mass is 413 g/mol. The Morgan fingerprint density at radius 3 is 1.74 bits per heavy atom. The van der Waals surface area contributed by atoms with Crippen LogP contribution in [0, 0.1) is 0 Å². The fraction of sp³-hybridized carbons (Fsp3) is 0.296. The van der Waals surface area contributed by atoms with E-state index < -0.39 is 0 Å². The molecule has 4 heteroatoms. The van der Waals surface area contributed by atoms with Crippen molar-refractivity contribution in [1.82, 2.24) is 0 Å². The van der Waals surface area contributed by atoms with Gasteiger partial charge in [0.2, 0.25) is 0 Å². The van der Waals surface area contributed by atoms with Gasteiger partial charge in [-0.1, -0.05) is 51.1 Å². The van der Waals surface area contributed by atoms with Crippen LogP contribution in [0.3, 0.4) is 0 Å². The third kappa shape index (κ3) is 5.08. The van der Waals surface area contributed by atoms with Gasteiger partial charge in [0.15, 0.2) is 0 Å². The molecule has 0 unspecified atom stereocenters. The number of carbonyl (C=O) groups excluding carboxylic acids is 1. The zero-order chi connectivity index (χ0) is 21.8. The molecule has 160 valence electrons. The molecule has 1 aliphatic rings. The summed E-state index contributed by atoms with van der Waals surface area (Å²) in [6, 6.07) is 26.6. The molecule has 4 rings (SSSR count). The molecule has 3 aromatic carbocycles. The van der Waals surface area contributed by atoms with Gasteiger partial charge in [0.05, 0.1) is 0 Å². The maximum atomic E-state index is 12.6. The van der Waals surface area contributed by atoms with Crippen LogP contribution in [-0.2, 0) is 5.41 Å². The topological polar surface area (TPSA) is 35.6 Å². The van der Waals surface area contributed by atoms with E-state index in [1.165, 1.54) is 16.9 Å². The van der Waals surface area contributed by atoms with Crippen molar-refractivity contribution in [3.05, 3.63) is 90.0 Å². The number of carbonyl (C=O) groups is 1. The lowest BCUT2D eigenvalue weighted by Crippen LogP contribution is -2.46. The zero-order valence-electron chi connectivity index (χ0n) is 18.6. The summed E-state index contributed by atoms with van der Waals surface area (Å²) in [6.45, 7) is 10.5. The zero-order valence-corrected chi connectivity index (χ0v) is 18.6. The lowest BCUT2D eigenvalue weighted by atomic mass is 9.87. The average Bonchev–Trinajstić information content (AvgIpc) is 2.80. The summed E-state index contributed by atoms with van der Waals surface area (Å²) in [6.07, 6.45) is 0. The third-order valence-corrected chi connectivity index (χ3v) is 5.90. The molecule has 1 heterocycles. The number of anilines is 3. The number of benzene rings is 3. The molecule has 0 saturated carbocycles. The average molecular weight is 414 g/mol. The van der Waals surface area contributed by atoms with E-state index in [0.717, 1.165) is 31.9 Å². The molecule has 4 nitrogen and oxygen atoms in total. The number of nitrogens with zero attached hydrogens (tertiary/aromatic N) is 2. The number of rotatable bonds is 4. The lowest BCUT2D eigenvalue weighted by molar-refractivity contribution is 0.102. The Morgan fingerprint density at radius 1 is 0.710 bits per heavy atom. The summed E-state index contributed by atoms with van der Waals surface area (Å²) in [5.41, 5.74) is 5.28. The van der Waals surface area contributed by atoms with Gasteiger partial charge in [0.25, 0.3) is 5.91 Å². The van der Waals surface area contributed by atoms with E-state index in [9.17, 15) is 4.79 Å². The number of hydrogen-bond donors (Lipinski definition) is 1. The highest BCUT2D eigenvalue weighted by Gasteiger charge is 2.18. The molecule has 0 aliphatic carbocycles. The van der Waals surface area contributed by atoms with Crippen LogP contribution in [0.25, 0.3) is 0 Å². The Kier molecular flexibility index (Phi) is 5.99. The van der Waals surface area contributed by atoms with E-state index in [-0.39, 0.29) is 11.3 Å². The Morgan fingerprint density at radius 2 is 1.23 bits per heavy atom. The first kappa shape index (κ1) is 21.0. The van der Waals surface area contributed by atoms with Crippen molar-refractivity contribution in [1.29, 1.82) is 0 Å². The van der Waals surface area contributed by atoms with Crippen molar-refractivity contribution in [3.63, 3.8) is 0 Å². The minimum absolute atomic E-state index is 0.0790. The van der Waals surface area contributed by atoms with E-state index >= 15 is 0 Å². The minimum Gasteiger partial charge on any atom is -0.368 e. The molecular formula is C27H31N3O. The Balaban J connectivity index is 1.34. The maximum Gasteiger partial charge on any atom is 0.255 e. The second kappa shape index (κ2) is 8.84. The van der Waals surface area contributed by atoms with Crippen molar-refractivity contribution in [2.24, 2.45) is 0 Å². The van der Waals surface area contributed by atoms with E-state index in [2.05, 4.69) is 78.4 Å². The van der Waals surface area contributed by atoms with Gasteiger partial charge in [-0.3, -0.25) is 4.79 Å². The highest BCUT2D eigenvalue weighted by molar-refractivity contribution is 6.04. The summed E-state index contributed by atoms with van der Waals surface area (Å²) < 4.78 is 0. The number of nitrogens with one attached hydrogen (secondary N) is 1. The van der Waals surface area contributed by atoms with Gasteiger partial charge in [-0.25, -0.2) is 0 Å². The highest BCUT2D eigenvalue weighted by atomic mass is 16.1. The van der Waals surface area contributed by atoms with E-state index in [0.29, 0.717) is 5.56 Å². The SMILES string of the molecule is CC(C)(C)c1ccc(C(=O)Nc2ccc(N3CCN(c4ccccc4)CC3)cc2)cc1. The van der Waals surface area contributed by atoms with Crippen LogP contribution in [0.1, 0.15) is 36.7 Å². The molecule has 1 fully saturated rings. The van der Waals surface area contributed by atoms with Crippen LogP contribution < -0.4 is 15.1 Å². The Labute approximate surface area is 185 Å². The molecule has 3 aromatic rings. The van der Waals surface area contributed by atoms with Gasteiger partial charge in [0, 0.05) is 48.8 Å². The molecule has 0 atom stereocenters. The van der Waals surface area contributed by atoms with Gasteiger partial charge in [0.1, 0.15) is 0 Å². The standard InChI is InChI=1S/C27H31N3O/c1-27(2,3)22-11-9-21(10-12-22)26(31)28-23-13-15-25(16-14-23)30-19-17-29(18-20-30)24-7-5-4-6-8-24/h4-16H,17-20H2,1-3H3,(H,28,31). The van der Waals surface area contributed by atoms with Crippen LogP contribution >= 0.6 is 0 Å². The number of hydrogen-bond acceptors (Lipinski definition) is 3. The van der Waals surface area contributed by atoms with E-state index in [1.54, 1.807) is 0 Å². The number of piperazine rings is 1. The molecule has 0 spiro atoms. The first-order valence-corrected chi connectivity index (χ1v) is 11.0. The van der Waals surface area contributed by atoms with E-state index in [4.69, 9.17) is 0 Å². The molecule has 0 aromatic heterocycles. The molecule has 1 N–H and O–H groups in total. The first-order chi connectivity index (χ1) is 14.9. The Bertz CT molecular complexity index is 997. The van der Waals surface area contributed by atoms with Crippen LogP contribution in [0.2, 0.25) is 0 Å². The fourth-order valence-electron chi connectivity index (χ4n) is 3.94. The van der Waals surface area contributed by atoms with Crippen LogP contribution in [-0.4, -0.2) is 32.1 Å². The molecule has 1 aliphatic heterocycles. The van der Waals surface area contributed by atoms with Crippen molar-refractivity contribution < 1.29 is 4.79 Å². The van der Waals surface area contributed by atoms with Gasteiger partial charge in [-0.05, 0) is 59.5 Å². The molecule has 0 bridgehead atoms. The lowest BCUT2D eigenvalue weighted by Gasteiger charge is -2.37. The first-order valence-electron chi connectivity index (χ1n) is 11.0. The molecule has 31 heavy (non-hydrogen) atoms. The van der Waals surface area contributed by atoms with Gasteiger partial charge >= 0.3 is 0 Å². The fourth-order valence-corrected chi connectivity index (χ4v) is 3.94. The number of amides is 1. The number of para-hydroxylation sites is 1. The van der Waals surface area contributed by atoms with Crippen molar-refractivity contribution in [2.75, 3.05) is 41.3 Å².